The summed E-state index contributed by atoms with van der Waals surface area (Å²) in [7, 11) is 1.59. The van der Waals surface area contributed by atoms with Crippen molar-refractivity contribution in [3.8, 4) is 5.75 Å². The Balaban J connectivity index is 1.57. The molecule has 1 spiro atoms. The van der Waals surface area contributed by atoms with Gasteiger partial charge >= 0.3 is 5.97 Å². The number of cyclic esters (lactones) is 1. The van der Waals surface area contributed by atoms with Crippen LogP contribution in [0.3, 0.4) is 0 Å². The summed E-state index contributed by atoms with van der Waals surface area (Å²) in [5.74, 6) is -1.97. The fraction of sp³-hybridized carbons (Fsp3) is 0.567. The third-order valence-electron chi connectivity index (χ3n) is 8.59. The number of benzene rings is 1. The van der Waals surface area contributed by atoms with Crippen molar-refractivity contribution in [2.45, 2.75) is 62.7 Å². The Morgan fingerprint density at radius 3 is 2.49 bits per heavy atom. The molecular formula is C30H38N2O7. The SMILES string of the molecule is CC[C@@]12C=CCCOC(=O)[C@@H]1[C@H]1C(=O)N(CCCCCCO)C3C(=O)N(c4ccc(OC)cc4)CC=C[C@@]31O2. The molecule has 4 aliphatic rings. The van der Waals surface area contributed by atoms with Crippen LogP contribution in [0.5, 0.6) is 5.75 Å². The largest absolute Gasteiger partial charge is 0.497 e. The first-order valence-electron chi connectivity index (χ1n) is 14.0. The maximum atomic E-state index is 14.4. The van der Waals surface area contributed by atoms with Crippen molar-refractivity contribution in [2.24, 2.45) is 11.8 Å². The number of hydrogen-bond acceptors (Lipinski definition) is 7. The number of ether oxygens (including phenoxy) is 3. The van der Waals surface area contributed by atoms with Crippen LogP contribution in [0.15, 0.2) is 48.6 Å². The summed E-state index contributed by atoms with van der Waals surface area (Å²) in [5.41, 5.74) is -1.65. The number of unbranched alkanes of at least 4 members (excludes halogenated alkanes) is 3. The lowest BCUT2D eigenvalue weighted by Crippen LogP contribution is -2.56. The average Bonchev–Trinajstić information content (AvgIpc) is 3.28. The van der Waals surface area contributed by atoms with Gasteiger partial charge in [0.15, 0.2) is 0 Å². The molecule has 0 saturated carbocycles. The summed E-state index contributed by atoms with van der Waals surface area (Å²) in [5, 5.41) is 9.15. The smallest absolute Gasteiger partial charge is 0.313 e. The van der Waals surface area contributed by atoms with Gasteiger partial charge in [-0.05, 0) is 49.9 Å². The number of amides is 2. The van der Waals surface area contributed by atoms with Crippen molar-refractivity contribution < 1.29 is 33.7 Å². The van der Waals surface area contributed by atoms with Crippen molar-refractivity contribution in [3.05, 3.63) is 48.6 Å². The highest BCUT2D eigenvalue weighted by Crippen LogP contribution is 2.58. The van der Waals surface area contributed by atoms with E-state index in [2.05, 4.69) is 0 Å². The van der Waals surface area contributed by atoms with E-state index in [0.717, 1.165) is 12.8 Å². The molecule has 4 heterocycles. The van der Waals surface area contributed by atoms with Crippen LogP contribution in [0, 0.1) is 11.8 Å². The summed E-state index contributed by atoms with van der Waals surface area (Å²) >= 11 is 0. The second kappa shape index (κ2) is 11.1. The maximum Gasteiger partial charge on any atom is 0.313 e. The zero-order valence-electron chi connectivity index (χ0n) is 22.7. The molecule has 5 rings (SSSR count). The molecule has 2 saturated heterocycles. The van der Waals surface area contributed by atoms with Crippen LogP contribution in [0.25, 0.3) is 0 Å². The van der Waals surface area contributed by atoms with Crippen molar-refractivity contribution in [1.82, 2.24) is 4.90 Å². The zero-order chi connectivity index (χ0) is 27.6. The van der Waals surface area contributed by atoms with Crippen molar-refractivity contribution in [2.75, 3.05) is 38.3 Å². The number of rotatable bonds is 9. The average molecular weight is 539 g/mol. The van der Waals surface area contributed by atoms with E-state index in [-0.39, 0.29) is 25.0 Å². The van der Waals surface area contributed by atoms with E-state index in [1.807, 2.05) is 43.4 Å². The third-order valence-corrected chi connectivity index (χ3v) is 8.59. The number of likely N-dealkylation sites (tertiary alicyclic amines) is 1. The number of nitrogens with zero attached hydrogens (tertiary/aromatic N) is 2. The van der Waals surface area contributed by atoms with Gasteiger partial charge in [-0.15, -0.1) is 0 Å². The van der Waals surface area contributed by atoms with Gasteiger partial charge in [0.1, 0.15) is 28.9 Å². The molecule has 4 aliphatic heterocycles. The highest BCUT2D eigenvalue weighted by atomic mass is 16.6. The molecule has 0 aliphatic carbocycles. The minimum Gasteiger partial charge on any atom is -0.497 e. The van der Waals surface area contributed by atoms with Crippen molar-refractivity contribution in [1.29, 1.82) is 0 Å². The summed E-state index contributed by atoms with van der Waals surface area (Å²) in [6, 6.07) is 6.33. The third kappa shape index (κ3) is 4.55. The number of fused-ring (bicyclic) bond motifs is 2. The molecule has 9 nitrogen and oxygen atoms in total. The standard InChI is InChI=1S/C30H38N2O7/c1-3-29-15-6-9-20-38-28(36)24(29)23-26(34)32(17-7-4-5-8-19-33)25-27(35)31(18-10-16-30(23,25)39-29)21-11-13-22(37-2)14-12-21/h6,10-16,23-25,33H,3-5,7-9,17-20H2,1-2H3/t23-,24-,25?,29+,30-/m0/s1. The number of hydrogen-bond donors (Lipinski definition) is 1. The Morgan fingerprint density at radius 2 is 1.77 bits per heavy atom. The summed E-state index contributed by atoms with van der Waals surface area (Å²) < 4.78 is 17.8. The van der Waals surface area contributed by atoms with Crippen LogP contribution < -0.4 is 9.64 Å². The molecule has 5 atom stereocenters. The van der Waals surface area contributed by atoms with Gasteiger partial charge < -0.3 is 29.1 Å². The van der Waals surface area contributed by atoms with E-state index in [1.54, 1.807) is 29.0 Å². The molecule has 9 heteroatoms. The number of carbonyl (C=O) groups excluding carboxylic acids is 3. The van der Waals surface area contributed by atoms with Gasteiger partial charge in [-0.1, -0.05) is 44.1 Å². The predicted octanol–water partition coefficient (Wildman–Crippen LogP) is 3.01. The molecule has 1 unspecified atom stereocenters. The van der Waals surface area contributed by atoms with E-state index >= 15 is 0 Å². The highest BCUT2D eigenvalue weighted by molar-refractivity contribution is 6.05. The lowest BCUT2D eigenvalue weighted by molar-refractivity contribution is -0.160. The van der Waals surface area contributed by atoms with Gasteiger partial charge in [0.2, 0.25) is 5.91 Å². The minimum absolute atomic E-state index is 0.126. The second-order valence-electron chi connectivity index (χ2n) is 10.7. The van der Waals surface area contributed by atoms with Crippen LogP contribution in [0.4, 0.5) is 5.69 Å². The maximum absolute atomic E-state index is 14.4. The monoisotopic (exact) mass is 538 g/mol. The van der Waals surface area contributed by atoms with Gasteiger partial charge in [0.25, 0.3) is 5.91 Å². The predicted molar refractivity (Wildman–Crippen MR) is 144 cm³/mol. The number of aliphatic hydroxyl groups excluding tert-OH is 1. The fourth-order valence-electron chi connectivity index (χ4n) is 6.71. The van der Waals surface area contributed by atoms with Gasteiger partial charge in [-0.25, -0.2) is 0 Å². The fourth-order valence-corrected chi connectivity index (χ4v) is 6.71. The Kier molecular flexibility index (Phi) is 7.82. The molecule has 210 valence electrons. The quantitative estimate of drug-likeness (QED) is 0.293. The van der Waals surface area contributed by atoms with Crippen LogP contribution >= 0.6 is 0 Å². The van der Waals surface area contributed by atoms with Crippen LogP contribution in [0.2, 0.25) is 0 Å². The van der Waals surface area contributed by atoms with E-state index < -0.39 is 35.0 Å². The molecule has 39 heavy (non-hydrogen) atoms. The second-order valence-corrected chi connectivity index (χ2v) is 10.7. The Morgan fingerprint density at radius 1 is 1.00 bits per heavy atom. The number of aliphatic hydroxyl groups is 1. The first kappa shape index (κ1) is 27.4. The number of esters is 1. The van der Waals surface area contributed by atoms with E-state index in [0.29, 0.717) is 50.2 Å². The lowest BCUT2D eigenvalue weighted by atomic mass is 9.73. The minimum atomic E-state index is -1.30. The Hall–Kier alpha value is -3.17. The lowest BCUT2D eigenvalue weighted by Gasteiger charge is -2.38. The molecule has 0 bridgehead atoms. The zero-order valence-corrected chi connectivity index (χ0v) is 22.7. The molecule has 0 aromatic heterocycles. The highest BCUT2D eigenvalue weighted by Gasteiger charge is 2.75. The molecule has 0 radical (unpaired) electrons. The van der Waals surface area contributed by atoms with Crippen LogP contribution in [0.1, 0.15) is 45.4 Å². The van der Waals surface area contributed by atoms with Crippen molar-refractivity contribution >= 4 is 23.5 Å². The van der Waals surface area contributed by atoms with Crippen LogP contribution in [-0.4, -0.2) is 78.4 Å². The molecule has 1 aromatic carbocycles. The number of anilines is 1. The molecule has 1 aromatic rings. The molecular weight excluding hydrogens is 500 g/mol. The van der Waals surface area contributed by atoms with E-state index in [4.69, 9.17) is 19.3 Å². The van der Waals surface area contributed by atoms with E-state index in [1.165, 1.54) is 0 Å². The Labute approximate surface area is 229 Å². The molecule has 2 amide bonds. The summed E-state index contributed by atoms with van der Waals surface area (Å²) in [4.78, 5) is 45.5. The molecule has 2 fully saturated rings. The van der Waals surface area contributed by atoms with Gasteiger partial charge in [-0.2, -0.15) is 0 Å². The topological polar surface area (TPSA) is 106 Å². The van der Waals surface area contributed by atoms with Gasteiger partial charge in [-0.3, -0.25) is 14.4 Å². The van der Waals surface area contributed by atoms with Gasteiger partial charge in [0, 0.05) is 25.4 Å². The summed E-state index contributed by atoms with van der Waals surface area (Å²) in [6.07, 6.45) is 11.7. The summed E-state index contributed by atoms with van der Waals surface area (Å²) in [6.45, 7) is 2.98. The Bertz CT molecular complexity index is 1150. The van der Waals surface area contributed by atoms with Crippen molar-refractivity contribution in [3.63, 3.8) is 0 Å². The van der Waals surface area contributed by atoms with Gasteiger partial charge in [0.05, 0.1) is 19.6 Å². The number of methoxy groups -OCH3 is 1. The first-order chi connectivity index (χ1) is 18.9. The van der Waals surface area contributed by atoms with Crippen LogP contribution in [-0.2, 0) is 23.9 Å². The normalized spacial score (nSPS) is 31.8. The number of carbonyl (C=O) groups is 3. The molecule has 1 N–H and O–H groups in total. The van der Waals surface area contributed by atoms with E-state index in [9.17, 15) is 14.4 Å². The first-order valence-corrected chi connectivity index (χ1v) is 14.0.